The van der Waals surface area contributed by atoms with Gasteiger partial charge in [-0.25, -0.2) is 9.97 Å². The van der Waals surface area contributed by atoms with E-state index in [0.29, 0.717) is 6.61 Å². The number of rotatable bonds is 6. The summed E-state index contributed by atoms with van der Waals surface area (Å²) in [6.45, 7) is 5.22. The van der Waals surface area contributed by atoms with Crippen LogP contribution in [0.15, 0.2) is 54.7 Å². The monoisotopic (exact) mass is 375 g/mol. The average molecular weight is 375 g/mol. The molecule has 2 aromatic carbocycles. The molecule has 5 heteroatoms. The molecule has 0 bridgehead atoms. The summed E-state index contributed by atoms with van der Waals surface area (Å²) >= 11 is 0. The molecular formula is C23H25N3O2. The zero-order chi connectivity index (χ0) is 19.3. The van der Waals surface area contributed by atoms with Gasteiger partial charge in [-0.3, -0.25) is 4.90 Å². The van der Waals surface area contributed by atoms with E-state index in [0.717, 1.165) is 60.2 Å². The highest BCUT2D eigenvalue weighted by atomic mass is 16.5. The van der Waals surface area contributed by atoms with E-state index in [-0.39, 0.29) is 0 Å². The molecule has 0 saturated heterocycles. The van der Waals surface area contributed by atoms with Gasteiger partial charge in [-0.05, 0) is 13.0 Å². The Balaban J connectivity index is 1.52. The van der Waals surface area contributed by atoms with Crippen LogP contribution in [0.2, 0.25) is 0 Å². The van der Waals surface area contributed by atoms with Crippen molar-refractivity contribution >= 4 is 0 Å². The summed E-state index contributed by atoms with van der Waals surface area (Å²) in [5.74, 6) is 2.43. The molecule has 0 fully saturated rings. The fourth-order valence-corrected chi connectivity index (χ4v) is 3.63. The minimum Gasteiger partial charge on any atom is -0.493 e. The van der Waals surface area contributed by atoms with E-state index >= 15 is 0 Å². The molecule has 5 nitrogen and oxygen atoms in total. The SMILES string of the molecule is CCOc1c(CN2CCc3nc(-c4ccccc4)ncc3C2)cccc1OC. The maximum Gasteiger partial charge on any atom is 0.165 e. The van der Waals surface area contributed by atoms with E-state index in [1.807, 2.05) is 43.5 Å². The molecule has 2 heterocycles. The summed E-state index contributed by atoms with van der Waals surface area (Å²) in [5, 5.41) is 0. The highest BCUT2D eigenvalue weighted by Crippen LogP contribution is 2.33. The molecule has 0 amide bonds. The lowest BCUT2D eigenvalue weighted by molar-refractivity contribution is 0.234. The number of hydrogen-bond donors (Lipinski definition) is 0. The second kappa shape index (κ2) is 8.40. The summed E-state index contributed by atoms with van der Waals surface area (Å²) in [4.78, 5) is 11.8. The molecule has 1 aromatic heterocycles. The number of nitrogens with zero attached hydrogens (tertiary/aromatic N) is 3. The van der Waals surface area contributed by atoms with Crippen molar-refractivity contribution in [3.05, 3.63) is 71.5 Å². The maximum atomic E-state index is 5.86. The summed E-state index contributed by atoms with van der Waals surface area (Å²) in [7, 11) is 1.68. The van der Waals surface area contributed by atoms with Crippen molar-refractivity contribution in [2.45, 2.75) is 26.4 Å². The van der Waals surface area contributed by atoms with Gasteiger partial charge in [-0.1, -0.05) is 42.5 Å². The molecule has 4 rings (SSSR count). The molecule has 28 heavy (non-hydrogen) atoms. The van der Waals surface area contributed by atoms with Crippen LogP contribution in [0, 0.1) is 0 Å². The van der Waals surface area contributed by atoms with Crippen LogP contribution in [0.3, 0.4) is 0 Å². The van der Waals surface area contributed by atoms with Crippen LogP contribution >= 0.6 is 0 Å². The van der Waals surface area contributed by atoms with Crippen LogP contribution < -0.4 is 9.47 Å². The molecule has 3 aromatic rings. The Bertz CT molecular complexity index is 944. The first kappa shape index (κ1) is 18.4. The number of ether oxygens (including phenoxy) is 2. The number of fused-ring (bicyclic) bond motifs is 1. The lowest BCUT2D eigenvalue weighted by atomic mass is 10.1. The first-order valence-corrected chi connectivity index (χ1v) is 9.69. The van der Waals surface area contributed by atoms with Gasteiger partial charge in [0.2, 0.25) is 0 Å². The topological polar surface area (TPSA) is 47.5 Å². The van der Waals surface area contributed by atoms with Crippen molar-refractivity contribution in [3.8, 4) is 22.9 Å². The quantitative estimate of drug-likeness (QED) is 0.649. The van der Waals surface area contributed by atoms with Crippen LogP contribution in [-0.2, 0) is 19.5 Å². The molecule has 0 aliphatic carbocycles. The fourth-order valence-electron chi connectivity index (χ4n) is 3.63. The van der Waals surface area contributed by atoms with E-state index in [4.69, 9.17) is 14.5 Å². The van der Waals surface area contributed by atoms with Gasteiger partial charge >= 0.3 is 0 Å². The van der Waals surface area contributed by atoms with Gasteiger partial charge in [-0.2, -0.15) is 0 Å². The van der Waals surface area contributed by atoms with Crippen molar-refractivity contribution in [2.24, 2.45) is 0 Å². The highest BCUT2D eigenvalue weighted by molar-refractivity contribution is 5.54. The predicted molar refractivity (Wildman–Crippen MR) is 109 cm³/mol. The normalized spacial score (nSPS) is 13.8. The molecule has 0 saturated carbocycles. The number of aromatic nitrogens is 2. The average Bonchev–Trinajstić information content (AvgIpc) is 2.75. The Morgan fingerprint density at radius 3 is 2.71 bits per heavy atom. The van der Waals surface area contributed by atoms with Crippen molar-refractivity contribution in [1.29, 1.82) is 0 Å². The van der Waals surface area contributed by atoms with Crippen LogP contribution in [-0.4, -0.2) is 35.1 Å². The van der Waals surface area contributed by atoms with Crippen LogP contribution in [0.25, 0.3) is 11.4 Å². The van der Waals surface area contributed by atoms with Gasteiger partial charge in [0, 0.05) is 48.9 Å². The second-order valence-corrected chi connectivity index (χ2v) is 6.87. The van der Waals surface area contributed by atoms with Gasteiger partial charge in [0.25, 0.3) is 0 Å². The number of methoxy groups -OCH3 is 1. The van der Waals surface area contributed by atoms with Gasteiger partial charge < -0.3 is 9.47 Å². The molecule has 1 aliphatic rings. The van der Waals surface area contributed by atoms with E-state index in [9.17, 15) is 0 Å². The van der Waals surface area contributed by atoms with Crippen molar-refractivity contribution in [2.75, 3.05) is 20.3 Å². The molecule has 0 unspecified atom stereocenters. The Morgan fingerprint density at radius 1 is 1.07 bits per heavy atom. The van der Waals surface area contributed by atoms with Gasteiger partial charge in [0.15, 0.2) is 17.3 Å². The molecule has 0 radical (unpaired) electrons. The van der Waals surface area contributed by atoms with Crippen molar-refractivity contribution in [3.63, 3.8) is 0 Å². The number of benzene rings is 2. The Morgan fingerprint density at radius 2 is 1.93 bits per heavy atom. The molecule has 0 N–H and O–H groups in total. The molecular weight excluding hydrogens is 350 g/mol. The molecule has 0 atom stereocenters. The van der Waals surface area contributed by atoms with Crippen molar-refractivity contribution < 1.29 is 9.47 Å². The van der Waals surface area contributed by atoms with Gasteiger partial charge in [0.05, 0.1) is 19.4 Å². The smallest absolute Gasteiger partial charge is 0.165 e. The zero-order valence-electron chi connectivity index (χ0n) is 16.4. The summed E-state index contributed by atoms with van der Waals surface area (Å²) in [6, 6.07) is 16.2. The molecule has 1 aliphatic heterocycles. The van der Waals surface area contributed by atoms with Crippen LogP contribution in [0.5, 0.6) is 11.5 Å². The Labute approximate surface area is 166 Å². The second-order valence-electron chi connectivity index (χ2n) is 6.87. The van der Waals surface area contributed by atoms with E-state index in [1.165, 1.54) is 5.56 Å². The molecule has 144 valence electrons. The third-order valence-electron chi connectivity index (χ3n) is 5.01. The van der Waals surface area contributed by atoms with E-state index < -0.39 is 0 Å². The lowest BCUT2D eigenvalue weighted by Gasteiger charge is -2.29. The fraction of sp³-hybridized carbons (Fsp3) is 0.304. The van der Waals surface area contributed by atoms with E-state index in [1.54, 1.807) is 7.11 Å². The highest BCUT2D eigenvalue weighted by Gasteiger charge is 2.21. The lowest BCUT2D eigenvalue weighted by Crippen LogP contribution is -2.31. The maximum absolute atomic E-state index is 5.86. The summed E-state index contributed by atoms with van der Waals surface area (Å²) in [6.07, 6.45) is 2.90. The minimum absolute atomic E-state index is 0.617. The number of para-hydroxylation sites is 1. The Hall–Kier alpha value is -2.92. The van der Waals surface area contributed by atoms with Crippen LogP contribution in [0.4, 0.5) is 0 Å². The molecule has 0 spiro atoms. The summed E-state index contributed by atoms with van der Waals surface area (Å²) < 4.78 is 11.3. The third kappa shape index (κ3) is 3.85. The first-order valence-electron chi connectivity index (χ1n) is 9.69. The first-order chi connectivity index (χ1) is 13.8. The standard InChI is InChI=1S/C23H25N3O2/c1-3-28-22-18(10-7-11-21(22)27-2)15-26-13-12-20-19(16-26)14-24-23(25-20)17-8-5-4-6-9-17/h4-11,14H,3,12-13,15-16H2,1-2H3. The minimum atomic E-state index is 0.617. The van der Waals surface area contributed by atoms with Gasteiger partial charge in [-0.15, -0.1) is 0 Å². The van der Waals surface area contributed by atoms with E-state index in [2.05, 4.69) is 28.1 Å². The van der Waals surface area contributed by atoms with Crippen molar-refractivity contribution in [1.82, 2.24) is 14.9 Å². The summed E-state index contributed by atoms with van der Waals surface area (Å²) in [5.41, 5.74) is 4.56. The van der Waals surface area contributed by atoms with Crippen LogP contribution in [0.1, 0.15) is 23.7 Å². The van der Waals surface area contributed by atoms with Gasteiger partial charge in [0.1, 0.15) is 0 Å². The predicted octanol–water partition coefficient (Wildman–Crippen LogP) is 4.11. The Kier molecular flexibility index (Phi) is 5.53. The third-order valence-corrected chi connectivity index (χ3v) is 5.01. The number of hydrogen-bond acceptors (Lipinski definition) is 5. The largest absolute Gasteiger partial charge is 0.493 e. The zero-order valence-corrected chi connectivity index (χ0v) is 16.4.